The largest absolute Gasteiger partial charge is 0.493 e. The first-order valence-electron chi connectivity index (χ1n) is 11.3. The van der Waals surface area contributed by atoms with E-state index in [1.54, 1.807) is 37.3 Å². The molecule has 1 N–H and O–H groups in total. The van der Waals surface area contributed by atoms with E-state index in [9.17, 15) is 9.59 Å². The van der Waals surface area contributed by atoms with Gasteiger partial charge in [-0.1, -0.05) is 6.42 Å². The Morgan fingerprint density at radius 3 is 2.39 bits per heavy atom. The van der Waals surface area contributed by atoms with Gasteiger partial charge in [0.2, 0.25) is 5.91 Å². The zero-order valence-electron chi connectivity index (χ0n) is 18.9. The van der Waals surface area contributed by atoms with Gasteiger partial charge in [0, 0.05) is 38.3 Å². The van der Waals surface area contributed by atoms with E-state index in [2.05, 4.69) is 10.2 Å². The van der Waals surface area contributed by atoms with Crippen LogP contribution in [0, 0.1) is 0 Å². The van der Waals surface area contributed by atoms with E-state index < -0.39 is 0 Å². The van der Waals surface area contributed by atoms with Gasteiger partial charge in [0.05, 0.1) is 14.2 Å². The molecule has 2 saturated heterocycles. The molecule has 172 valence electrons. The highest BCUT2D eigenvalue weighted by Gasteiger charge is 2.24. The summed E-state index contributed by atoms with van der Waals surface area (Å²) >= 11 is 0. The summed E-state index contributed by atoms with van der Waals surface area (Å²) in [5.74, 6) is 0.944. The number of piperazine rings is 1. The lowest BCUT2D eigenvalue weighted by molar-refractivity contribution is -0.132. The fourth-order valence-electron chi connectivity index (χ4n) is 4.25. The molecule has 3 rings (SSSR count). The number of carbonyl (C=O) groups is 2. The van der Waals surface area contributed by atoms with Gasteiger partial charge in [-0.15, -0.1) is 0 Å². The lowest BCUT2D eigenvalue weighted by atomic mass is 10.1. The summed E-state index contributed by atoms with van der Waals surface area (Å²) < 4.78 is 10.6. The summed E-state index contributed by atoms with van der Waals surface area (Å²) in [6, 6.07) is 5.15. The number of carbonyl (C=O) groups excluding carboxylic acids is 2. The minimum absolute atomic E-state index is 0.00768. The number of hydrogen-bond donors (Lipinski definition) is 1. The molecule has 0 aliphatic carbocycles. The van der Waals surface area contributed by atoms with Crippen LogP contribution in [-0.2, 0) is 4.79 Å². The molecule has 0 radical (unpaired) electrons. The molecule has 1 aromatic carbocycles. The molecule has 1 aromatic rings. The van der Waals surface area contributed by atoms with Crippen molar-refractivity contribution in [3.05, 3.63) is 23.8 Å². The predicted molar refractivity (Wildman–Crippen MR) is 120 cm³/mol. The second-order valence-corrected chi connectivity index (χ2v) is 8.18. The number of rotatable bonds is 9. The zero-order valence-corrected chi connectivity index (χ0v) is 18.9. The topological polar surface area (TPSA) is 74.4 Å². The predicted octanol–water partition coefficient (Wildman–Crippen LogP) is 1.45. The Hall–Kier alpha value is -2.32. The van der Waals surface area contributed by atoms with Crippen LogP contribution >= 0.6 is 0 Å². The molecule has 31 heavy (non-hydrogen) atoms. The number of ether oxygens (including phenoxy) is 2. The average molecular weight is 433 g/mol. The van der Waals surface area contributed by atoms with Gasteiger partial charge in [-0.05, 0) is 57.1 Å². The van der Waals surface area contributed by atoms with Crippen molar-refractivity contribution in [2.45, 2.75) is 25.7 Å². The number of hydrogen-bond acceptors (Lipinski definition) is 6. The molecule has 0 spiro atoms. The summed E-state index contributed by atoms with van der Waals surface area (Å²) in [6.45, 7) is 6.84. The fraction of sp³-hybridized carbons (Fsp3) is 0.652. The molecule has 2 fully saturated rings. The Morgan fingerprint density at radius 2 is 1.71 bits per heavy atom. The quantitative estimate of drug-likeness (QED) is 0.637. The van der Waals surface area contributed by atoms with Crippen LogP contribution in [0.15, 0.2) is 18.2 Å². The zero-order chi connectivity index (χ0) is 22.1. The minimum Gasteiger partial charge on any atom is -0.493 e. The smallest absolute Gasteiger partial charge is 0.254 e. The number of nitrogens with zero attached hydrogens (tertiary/aromatic N) is 3. The summed E-state index contributed by atoms with van der Waals surface area (Å²) in [4.78, 5) is 32.2. The maximum atomic E-state index is 13.3. The molecule has 2 aliphatic heterocycles. The van der Waals surface area contributed by atoms with Crippen LogP contribution in [0.2, 0.25) is 0 Å². The van der Waals surface area contributed by atoms with E-state index in [4.69, 9.17) is 9.47 Å². The van der Waals surface area contributed by atoms with Crippen molar-refractivity contribution in [1.82, 2.24) is 20.0 Å². The van der Waals surface area contributed by atoms with Crippen LogP contribution in [0.3, 0.4) is 0 Å². The van der Waals surface area contributed by atoms with E-state index in [0.29, 0.717) is 36.7 Å². The molecular weight excluding hydrogens is 396 g/mol. The van der Waals surface area contributed by atoms with Crippen molar-refractivity contribution < 1.29 is 19.1 Å². The lowest BCUT2D eigenvalue weighted by Gasteiger charge is -2.31. The molecule has 8 nitrogen and oxygen atoms in total. The molecule has 0 saturated carbocycles. The van der Waals surface area contributed by atoms with Crippen molar-refractivity contribution >= 4 is 11.8 Å². The maximum Gasteiger partial charge on any atom is 0.254 e. The van der Waals surface area contributed by atoms with Crippen molar-refractivity contribution in [1.29, 1.82) is 0 Å². The van der Waals surface area contributed by atoms with Crippen LogP contribution in [0.4, 0.5) is 0 Å². The summed E-state index contributed by atoms with van der Waals surface area (Å²) in [7, 11) is 3.12. The van der Waals surface area contributed by atoms with Crippen LogP contribution in [0.25, 0.3) is 0 Å². The molecule has 2 amide bonds. The third kappa shape index (κ3) is 6.58. The third-order valence-corrected chi connectivity index (χ3v) is 6.06. The first-order chi connectivity index (χ1) is 15.1. The van der Waals surface area contributed by atoms with E-state index in [1.165, 1.54) is 19.3 Å². The fourth-order valence-corrected chi connectivity index (χ4v) is 4.25. The molecule has 8 heteroatoms. The molecule has 0 unspecified atom stereocenters. The van der Waals surface area contributed by atoms with Gasteiger partial charge in [-0.2, -0.15) is 0 Å². The Bertz CT molecular complexity index is 730. The van der Waals surface area contributed by atoms with Crippen molar-refractivity contribution in [2.24, 2.45) is 0 Å². The summed E-state index contributed by atoms with van der Waals surface area (Å²) in [5.41, 5.74) is 0.503. The summed E-state index contributed by atoms with van der Waals surface area (Å²) in [6.07, 6.45) is 4.65. The maximum absolute atomic E-state index is 13.3. The van der Waals surface area contributed by atoms with Crippen molar-refractivity contribution in [3.63, 3.8) is 0 Å². The minimum atomic E-state index is -0.150. The van der Waals surface area contributed by atoms with Gasteiger partial charge in [0.15, 0.2) is 11.5 Å². The molecule has 2 aliphatic rings. The Kier molecular flexibility index (Phi) is 8.97. The highest BCUT2D eigenvalue weighted by molar-refractivity contribution is 5.97. The molecule has 2 heterocycles. The first-order valence-corrected chi connectivity index (χ1v) is 11.3. The highest BCUT2D eigenvalue weighted by Crippen LogP contribution is 2.28. The Balaban J connectivity index is 1.68. The van der Waals surface area contributed by atoms with E-state index in [0.717, 1.165) is 39.1 Å². The van der Waals surface area contributed by atoms with Crippen LogP contribution in [0.1, 0.15) is 36.0 Å². The van der Waals surface area contributed by atoms with Crippen LogP contribution in [-0.4, -0.2) is 99.6 Å². The van der Waals surface area contributed by atoms with Gasteiger partial charge >= 0.3 is 0 Å². The molecular formula is C23H36N4O4. The molecule has 0 aromatic heterocycles. The van der Waals surface area contributed by atoms with E-state index in [1.807, 2.05) is 4.90 Å². The van der Waals surface area contributed by atoms with Gasteiger partial charge in [-0.3, -0.25) is 9.59 Å². The van der Waals surface area contributed by atoms with E-state index in [-0.39, 0.29) is 18.4 Å². The number of likely N-dealkylation sites (tertiary alicyclic amines) is 1. The number of nitrogens with one attached hydrogen (secondary N) is 1. The SMILES string of the molecule is COc1ccc(C(=O)N(CCCN2CCCCC2)CC(=O)N2CCNCC2)cc1OC. The number of methoxy groups -OCH3 is 2. The number of amides is 2. The third-order valence-electron chi connectivity index (χ3n) is 6.06. The van der Waals surface area contributed by atoms with Gasteiger partial charge in [0.1, 0.15) is 6.54 Å². The highest BCUT2D eigenvalue weighted by atomic mass is 16.5. The number of benzene rings is 1. The Labute approximate surface area is 185 Å². The van der Waals surface area contributed by atoms with Crippen molar-refractivity contribution in [3.8, 4) is 11.5 Å². The van der Waals surface area contributed by atoms with Gasteiger partial charge in [0.25, 0.3) is 5.91 Å². The standard InChI is InChI=1S/C23H36N4O4/c1-30-20-8-7-19(17-21(20)31-2)23(29)27(14-6-13-25-11-4-3-5-12-25)18-22(28)26-15-9-24-10-16-26/h7-8,17,24H,3-6,9-16,18H2,1-2H3. The van der Waals surface area contributed by atoms with Crippen molar-refractivity contribution in [2.75, 3.05) is 73.1 Å². The van der Waals surface area contributed by atoms with Crippen LogP contribution < -0.4 is 14.8 Å². The second-order valence-electron chi connectivity index (χ2n) is 8.18. The molecule has 0 atom stereocenters. The first kappa shape index (κ1) is 23.3. The number of piperidine rings is 1. The van der Waals surface area contributed by atoms with Crippen LogP contribution in [0.5, 0.6) is 11.5 Å². The average Bonchev–Trinajstić information content (AvgIpc) is 2.83. The lowest BCUT2D eigenvalue weighted by Crippen LogP contribution is -2.50. The molecule has 0 bridgehead atoms. The van der Waals surface area contributed by atoms with Gasteiger partial charge < -0.3 is 29.5 Å². The normalized spacial score (nSPS) is 17.3. The van der Waals surface area contributed by atoms with E-state index >= 15 is 0 Å². The Morgan fingerprint density at radius 1 is 1.00 bits per heavy atom. The second kappa shape index (κ2) is 11.9. The monoisotopic (exact) mass is 432 g/mol. The summed E-state index contributed by atoms with van der Waals surface area (Å²) in [5, 5.41) is 3.26. The van der Waals surface area contributed by atoms with Gasteiger partial charge in [-0.25, -0.2) is 0 Å².